The number of hydrogen-bond acceptors (Lipinski definition) is 4. The fraction of sp³-hybridized carbons (Fsp3) is 0.467. The molecule has 1 aromatic heterocycles. The lowest BCUT2D eigenvalue weighted by atomic mass is 9.98. The molecule has 0 spiro atoms. The van der Waals surface area contributed by atoms with Gasteiger partial charge in [-0.25, -0.2) is 0 Å². The van der Waals surface area contributed by atoms with Gasteiger partial charge in [0, 0.05) is 30.5 Å². The molecule has 2 aliphatic heterocycles. The average molecular weight is 503 g/mol. The maximum absolute atomic E-state index is 13.6. The number of nitrogens with zero attached hydrogens (tertiary/aromatic N) is 3. The van der Waals surface area contributed by atoms with Gasteiger partial charge in [-0.05, 0) is 75.5 Å². The molecule has 0 unspecified atom stereocenters. The first-order valence-electron chi connectivity index (χ1n) is 13.5. The normalized spacial score (nSPS) is 19.7. The van der Waals surface area contributed by atoms with E-state index >= 15 is 0 Å². The second kappa shape index (κ2) is 11.0. The van der Waals surface area contributed by atoms with Gasteiger partial charge in [0.15, 0.2) is 0 Å². The first-order valence-corrected chi connectivity index (χ1v) is 13.5. The van der Waals surface area contributed by atoms with Crippen molar-refractivity contribution in [1.29, 1.82) is 0 Å². The number of carbonyl (C=O) groups is 2. The summed E-state index contributed by atoms with van der Waals surface area (Å²) in [4.78, 5) is 36.5. The number of benzene rings is 2. The van der Waals surface area contributed by atoms with Crippen molar-refractivity contribution < 1.29 is 14.3 Å². The lowest BCUT2D eigenvalue weighted by Crippen LogP contribution is -2.60. The summed E-state index contributed by atoms with van der Waals surface area (Å²) < 4.78 is 5.81. The van der Waals surface area contributed by atoms with E-state index in [9.17, 15) is 9.59 Å². The van der Waals surface area contributed by atoms with Crippen LogP contribution in [0.3, 0.4) is 0 Å². The summed E-state index contributed by atoms with van der Waals surface area (Å²) in [6.07, 6.45) is 2.44. The fourth-order valence-electron chi connectivity index (χ4n) is 5.47. The summed E-state index contributed by atoms with van der Waals surface area (Å²) in [5.41, 5.74) is 2.50. The lowest BCUT2D eigenvalue weighted by molar-refractivity contribution is -0.140. The van der Waals surface area contributed by atoms with Crippen LogP contribution in [0.25, 0.3) is 10.9 Å². The van der Waals surface area contributed by atoms with Gasteiger partial charge < -0.3 is 24.4 Å². The zero-order valence-electron chi connectivity index (χ0n) is 22.2. The molecule has 0 saturated carbocycles. The van der Waals surface area contributed by atoms with Crippen molar-refractivity contribution in [1.82, 2.24) is 19.7 Å². The Kier molecular flexibility index (Phi) is 7.51. The van der Waals surface area contributed by atoms with E-state index in [0.717, 1.165) is 47.8 Å². The maximum atomic E-state index is 13.6. The number of piperazine rings is 1. The first-order chi connectivity index (χ1) is 17.9. The smallest absolute Gasteiger partial charge is 0.270 e. The zero-order chi connectivity index (χ0) is 25.9. The lowest BCUT2D eigenvalue weighted by Gasteiger charge is -2.44. The third-order valence-corrected chi connectivity index (χ3v) is 7.54. The van der Waals surface area contributed by atoms with Crippen LogP contribution in [0.1, 0.15) is 49.7 Å². The Morgan fingerprint density at radius 3 is 2.57 bits per heavy atom. The molecule has 2 aliphatic rings. The van der Waals surface area contributed by atoms with Crippen LogP contribution in [-0.2, 0) is 11.3 Å². The van der Waals surface area contributed by atoms with Gasteiger partial charge in [0.2, 0.25) is 5.91 Å². The monoisotopic (exact) mass is 502 g/mol. The molecule has 37 heavy (non-hydrogen) atoms. The van der Waals surface area contributed by atoms with Gasteiger partial charge in [-0.2, -0.15) is 0 Å². The number of amides is 2. The molecule has 2 fully saturated rings. The zero-order valence-corrected chi connectivity index (χ0v) is 22.2. The summed E-state index contributed by atoms with van der Waals surface area (Å²) in [6, 6.07) is 17.8. The number of H-pyrrole nitrogens is 1. The summed E-state index contributed by atoms with van der Waals surface area (Å²) in [7, 11) is 0. The molecule has 2 aromatic carbocycles. The molecule has 1 atom stereocenters. The molecule has 7 heteroatoms. The van der Waals surface area contributed by atoms with Crippen molar-refractivity contribution in [3.63, 3.8) is 0 Å². The molecule has 7 nitrogen and oxygen atoms in total. The Morgan fingerprint density at radius 1 is 1.08 bits per heavy atom. The predicted molar refractivity (Wildman–Crippen MR) is 146 cm³/mol. The van der Waals surface area contributed by atoms with Crippen LogP contribution in [0.2, 0.25) is 0 Å². The molecular formula is C30H38N4O3. The van der Waals surface area contributed by atoms with Crippen LogP contribution in [0.15, 0.2) is 54.6 Å². The van der Waals surface area contributed by atoms with Crippen LogP contribution < -0.4 is 4.74 Å². The Morgan fingerprint density at radius 2 is 1.84 bits per heavy atom. The molecule has 5 rings (SSSR count). The fourth-order valence-corrected chi connectivity index (χ4v) is 5.47. The van der Waals surface area contributed by atoms with Gasteiger partial charge in [-0.1, -0.05) is 37.3 Å². The summed E-state index contributed by atoms with van der Waals surface area (Å²) in [5, 5.41) is 0.925. The van der Waals surface area contributed by atoms with E-state index < -0.39 is 0 Å². The Bertz CT molecular complexity index is 1230. The van der Waals surface area contributed by atoms with E-state index in [1.165, 1.54) is 12.8 Å². The number of piperidine rings is 1. The Balaban J connectivity index is 1.35. The quantitative estimate of drug-likeness (QED) is 0.515. The molecule has 0 aliphatic carbocycles. The van der Waals surface area contributed by atoms with E-state index in [1.807, 2.05) is 61.2 Å². The van der Waals surface area contributed by atoms with Gasteiger partial charge >= 0.3 is 0 Å². The molecular weight excluding hydrogens is 464 g/mol. The minimum absolute atomic E-state index is 0.00237. The summed E-state index contributed by atoms with van der Waals surface area (Å²) in [5.74, 6) is 1.40. The minimum Gasteiger partial charge on any atom is -0.491 e. The number of aromatic nitrogens is 1. The van der Waals surface area contributed by atoms with Crippen molar-refractivity contribution in [3.8, 4) is 5.75 Å². The number of hydrogen-bond donors (Lipinski definition) is 1. The standard InChI is InChI=1S/C30H38N4O3/c1-21(2)37-26-9-10-27-24(15-26)16-28(31-27)30(36)33-19-25(18-32-13-11-22(3)12-14-32)34(29(35)20-33)17-23-7-5-4-6-8-23/h4-10,15-16,21-22,25,31H,11-14,17-20H2,1-3H3/t25-/m0/s1. The number of likely N-dealkylation sites (tertiary alicyclic amines) is 1. The maximum Gasteiger partial charge on any atom is 0.270 e. The highest BCUT2D eigenvalue weighted by Crippen LogP contribution is 2.25. The Hall–Kier alpha value is -3.32. The largest absolute Gasteiger partial charge is 0.491 e. The van der Waals surface area contributed by atoms with E-state index in [4.69, 9.17) is 4.74 Å². The SMILES string of the molecule is CC1CCN(C[C@H]2CN(C(=O)c3cc4cc(OC(C)C)ccc4[nH]3)CC(=O)N2Cc2ccccc2)CC1. The topological polar surface area (TPSA) is 68.9 Å². The second-order valence-electron chi connectivity index (χ2n) is 10.9. The molecule has 2 amide bonds. The highest BCUT2D eigenvalue weighted by molar-refractivity contribution is 6.00. The third-order valence-electron chi connectivity index (χ3n) is 7.54. The molecule has 3 heterocycles. The van der Waals surface area contributed by atoms with Crippen molar-refractivity contribution in [2.24, 2.45) is 5.92 Å². The number of aromatic amines is 1. The Labute approximate surface area is 219 Å². The number of rotatable bonds is 7. The van der Waals surface area contributed by atoms with Gasteiger partial charge in [0.05, 0.1) is 12.1 Å². The van der Waals surface area contributed by atoms with E-state index in [2.05, 4.69) is 28.9 Å². The number of nitrogens with one attached hydrogen (secondary N) is 1. The van der Waals surface area contributed by atoms with E-state index in [0.29, 0.717) is 18.8 Å². The van der Waals surface area contributed by atoms with E-state index in [-0.39, 0.29) is 30.5 Å². The molecule has 3 aromatic rings. The molecule has 196 valence electrons. The minimum atomic E-state index is -0.132. The van der Waals surface area contributed by atoms with Crippen LogP contribution in [0, 0.1) is 5.92 Å². The highest BCUT2D eigenvalue weighted by Gasteiger charge is 2.36. The number of ether oxygens (including phenoxy) is 1. The summed E-state index contributed by atoms with van der Waals surface area (Å²) >= 11 is 0. The van der Waals surface area contributed by atoms with Crippen LogP contribution in [0.4, 0.5) is 0 Å². The van der Waals surface area contributed by atoms with Crippen LogP contribution in [0.5, 0.6) is 5.75 Å². The van der Waals surface area contributed by atoms with Crippen molar-refractivity contribution in [2.45, 2.75) is 52.3 Å². The van der Waals surface area contributed by atoms with Crippen molar-refractivity contribution in [3.05, 3.63) is 65.9 Å². The van der Waals surface area contributed by atoms with Gasteiger partial charge in [-0.3, -0.25) is 9.59 Å². The number of fused-ring (bicyclic) bond motifs is 1. The molecule has 0 bridgehead atoms. The van der Waals surface area contributed by atoms with Crippen molar-refractivity contribution >= 4 is 22.7 Å². The van der Waals surface area contributed by atoms with Crippen LogP contribution >= 0.6 is 0 Å². The molecule has 2 saturated heterocycles. The van der Waals surface area contributed by atoms with Gasteiger partial charge in [0.25, 0.3) is 5.91 Å². The molecule has 1 N–H and O–H groups in total. The van der Waals surface area contributed by atoms with Gasteiger partial charge in [-0.15, -0.1) is 0 Å². The van der Waals surface area contributed by atoms with E-state index in [1.54, 1.807) is 4.90 Å². The number of carbonyl (C=O) groups excluding carboxylic acids is 2. The highest BCUT2D eigenvalue weighted by atomic mass is 16.5. The second-order valence-corrected chi connectivity index (χ2v) is 10.9. The molecule has 0 radical (unpaired) electrons. The average Bonchev–Trinajstić information content (AvgIpc) is 3.30. The first kappa shape index (κ1) is 25.3. The van der Waals surface area contributed by atoms with Gasteiger partial charge in [0.1, 0.15) is 18.0 Å². The van der Waals surface area contributed by atoms with Crippen molar-refractivity contribution in [2.75, 3.05) is 32.7 Å². The summed E-state index contributed by atoms with van der Waals surface area (Å²) in [6.45, 7) is 10.4. The third kappa shape index (κ3) is 5.99. The predicted octanol–water partition coefficient (Wildman–Crippen LogP) is 4.54. The van der Waals surface area contributed by atoms with Crippen LogP contribution in [-0.4, -0.2) is 76.4 Å².